The van der Waals surface area contributed by atoms with E-state index in [0.29, 0.717) is 35.7 Å². The number of rotatable bonds is 5. The molecule has 1 atom stereocenters. The van der Waals surface area contributed by atoms with E-state index >= 15 is 0 Å². The summed E-state index contributed by atoms with van der Waals surface area (Å²) in [6.45, 7) is 7.33. The topological polar surface area (TPSA) is 111 Å². The number of carbonyl (C=O) groups is 1. The molecule has 1 amide bonds. The third kappa shape index (κ3) is 4.09. The fraction of sp³-hybridized carbons (Fsp3) is 0.444. The maximum atomic E-state index is 11.8. The first-order chi connectivity index (χ1) is 16.5. The average Bonchev–Trinajstić information content (AvgIpc) is 3.23. The maximum Gasteiger partial charge on any atom is 0.221 e. The molecule has 2 aliphatic heterocycles. The average molecular weight is 459 g/mol. The van der Waals surface area contributed by atoms with Crippen molar-refractivity contribution in [2.75, 3.05) is 25.4 Å². The molecular formula is C27H34N6O. The molecule has 1 aromatic carbocycles. The number of piperidine rings is 2. The first-order valence-electron chi connectivity index (χ1n) is 12.4. The van der Waals surface area contributed by atoms with Crippen LogP contribution >= 0.6 is 0 Å². The Morgan fingerprint density at radius 1 is 1.21 bits per heavy atom. The van der Waals surface area contributed by atoms with Crippen molar-refractivity contribution < 1.29 is 4.79 Å². The molecule has 0 saturated carbocycles. The molecule has 0 spiro atoms. The molecule has 5 rings (SSSR count). The summed E-state index contributed by atoms with van der Waals surface area (Å²) < 4.78 is 0. The summed E-state index contributed by atoms with van der Waals surface area (Å²) in [6, 6.07) is 9.17. The molecule has 0 aliphatic carbocycles. The summed E-state index contributed by atoms with van der Waals surface area (Å²) in [6.07, 6.45) is 6.94. The Morgan fingerprint density at radius 2 is 2.00 bits per heavy atom. The van der Waals surface area contributed by atoms with Crippen molar-refractivity contribution in [3.8, 4) is 11.3 Å². The van der Waals surface area contributed by atoms with E-state index in [0.717, 1.165) is 55.7 Å². The molecule has 2 aliphatic rings. The second-order valence-electron chi connectivity index (χ2n) is 9.98. The first-order valence-corrected chi connectivity index (χ1v) is 12.4. The number of carbonyl (C=O) groups excluding carboxylic acids is 1. The molecule has 7 nitrogen and oxygen atoms in total. The standard InChI is InChI=1S/C27H34N6O/c1-16(2)25-21-13-18(17-7-11-33(12-8-17)19-5-9-30-24(34)14-19)3-4-23(21)32-26(25)20-6-10-31-27(29)22(20)15-28/h3-4,6,10,13,15-17,19,28,32H,5,7-9,11-12,14H2,1-2H3,(H2,29,31)(H,30,34). The molecule has 2 aromatic heterocycles. The number of amides is 1. The lowest BCUT2D eigenvalue weighted by Crippen LogP contribution is -2.48. The Hall–Kier alpha value is -3.19. The highest BCUT2D eigenvalue weighted by Crippen LogP contribution is 2.39. The van der Waals surface area contributed by atoms with Gasteiger partial charge in [0.15, 0.2) is 0 Å². The summed E-state index contributed by atoms with van der Waals surface area (Å²) in [5.41, 5.74) is 12.4. The molecule has 1 unspecified atom stereocenters. The molecule has 2 fully saturated rings. The van der Waals surface area contributed by atoms with E-state index in [1.807, 2.05) is 6.07 Å². The molecule has 0 radical (unpaired) electrons. The smallest absolute Gasteiger partial charge is 0.221 e. The van der Waals surface area contributed by atoms with Crippen molar-refractivity contribution in [2.45, 2.75) is 57.4 Å². The Kier molecular flexibility index (Phi) is 6.13. The third-order valence-corrected chi connectivity index (χ3v) is 7.61. The van der Waals surface area contributed by atoms with E-state index in [1.165, 1.54) is 22.7 Å². The lowest BCUT2D eigenvalue weighted by Gasteiger charge is -2.39. The number of pyridine rings is 1. The highest BCUT2D eigenvalue weighted by molar-refractivity contribution is 5.98. The van der Waals surface area contributed by atoms with Crippen molar-refractivity contribution in [3.63, 3.8) is 0 Å². The van der Waals surface area contributed by atoms with Gasteiger partial charge in [-0.2, -0.15) is 0 Å². The number of nitrogens with two attached hydrogens (primary N) is 1. The van der Waals surface area contributed by atoms with Crippen LogP contribution in [0.4, 0.5) is 5.82 Å². The van der Waals surface area contributed by atoms with Crippen LogP contribution in [0.25, 0.3) is 22.2 Å². The quantitative estimate of drug-likeness (QED) is 0.425. The fourth-order valence-corrected chi connectivity index (χ4v) is 5.83. The van der Waals surface area contributed by atoms with Gasteiger partial charge in [-0.3, -0.25) is 9.69 Å². The van der Waals surface area contributed by atoms with Crippen LogP contribution in [0.2, 0.25) is 0 Å². The SMILES string of the molecule is CC(C)c1c(-c2ccnc(N)c2C=N)[nH]c2ccc(C3CCN(C4CCNC(=O)C4)CC3)cc12. The van der Waals surface area contributed by atoms with Crippen LogP contribution in [0.1, 0.15) is 68.1 Å². The van der Waals surface area contributed by atoms with Crippen LogP contribution in [0.5, 0.6) is 0 Å². The molecule has 7 heteroatoms. The lowest BCUT2D eigenvalue weighted by molar-refractivity contribution is -0.124. The van der Waals surface area contributed by atoms with E-state index in [9.17, 15) is 4.79 Å². The molecule has 5 N–H and O–H groups in total. The number of H-pyrrole nitrogens is 1. The number of nitrogens with zero attached hydrogens (tertiary/aromatic N) is 2. The number of hydrogen-bond donors (Lipinski definition) is 4. The number of anilines is 1. The monoisotopic (exact) mass is 458 g/mol. The maximum absolute atomic E-state index is 11.8. The number of nitrogen functional groups attached to an aromatic ring is 1. The van der Waals surface area contributed by atoms with Crippen LogP contribution in [0, 0.1) is 5.41 Å². The van der Waals surface area contributed by atoms with Gasteiger partial charge in [-0.05, 0) is 73.5 Å². The molecule has 34 heavy (non-hydrogen) atoms. The number of aromatic amines is 1. The summed E-state index contributed by atoms with van der Waals surface area (Å²) in [4.78, 5) is 22.1. The molecule has 2 saturated heterocycles. The molecule has 4 heterocycles. The van der Waals surface area contributed by atoms with E-state index < -0.39 is 0 Å². The van der Waals surface area contributed by atoms with Crippen molar-refractivity contribution in [3.05, 3.63) is 47.2 Å². The van der Waals surface area contributed by atoms with Crippen molar-refractivity contribution >= 4 is 28.8 Å². The van der Waals surface area contributed by atoms with E-state index in [2.05, 4.69) is 52.2 Å². The number of hydrogen-bond acceptors (Lipinski definition) is 5. The molecular weight excluding hydrogens is 424 g/mol. The van der Waals surface area contributed by atoms with Crippen LogP contribution in [-0.2, 0) is 4.79 Å². The Labute approximate surface area is 200 Å². The number of likely N-dealkylation sites (tertiary alicyclic amines) is 1. The van der Waals surface area contributed by atoms with Gasteiger partial charge in [0, 0.05) is 53.4 Å². The highest BCUT2D eigenvalue weighted by atomic mass is 16.1. The minimum Gasteiger partial charge on any atom is -0.383 e. The van der Waals surface area contributed by atoms with Gasteiger partial charge in [0.05, 0.1) is 5.69 Å². The van der Waals surface area contributed by atoms with E-state index in [4.69, 9.17) is 11.1 Å². The summed E-state index contributed by atoms with van der Waals surface area (Å²) in [5, 5.41) is 12.1. The first kappa shape index (κ1) is 22.6. The second-order valence-corrected chi connectivity index (χ2v) is 9.98. The summed E-state index contributed by atoms with van der Waals surface area (Å²) in [5.74, 6) is 1.41. The predicted octanol–water partition coefficient (Wildman–Crippen LogP) is 4.39. The summed E-state index contributed by atoms with van der Waals surface area (Å²) >= 11 is 0. The fourth-order valence-electron chi connectivity index (χ4n) is 5.83. The Balaban J connectivity index is 1.44. The van der Waals surface area contributed by atoms with Gasteiger partial charge in [-0.1, -0.05) is 19.9 Å². The van der Waals surface area contributed by atoms with Crippen molar-refractivity contribution in [2.24, 2.45) is 0 Å². The lowest BCUT2D eigenvalue weighted by atomic mass is 9.86. The molecule has 178 valence electrons. The van der Waals surface area contributed by atoms with Gasteiger partial charge in [0.2, 0.25) is 5.91 Å². The van der Waals surface area contributed by atoms with Gasteiger partial charge < -0.3 is 21.4 Å². The third-order valence-electron chi connectivity index (χ3n) is 7.61. The Bertz CT molecular complexity index is 1220. The van der Waals surface area contributed by atoms with Crippen molar-refractivity contribution in [1.29, 1.82) is 5.41 Å². The normalized spacial score (nSPS) is 20.1. The van der Waals surface area contributed by atoms with Gasteiger partial charge >= 0.3 is 0 Å². The van der Waals surface area contributed by atoms with Crippen LogP contribution < -0.4 is 11.1 Å². The number of nitrogens with one attached hydrogen (secondary N) is 3. The van der Waals surface area contributed by atoms with Crippen LogP contribution in [0.3, 0.4) is 0 Å². The Morgan fingerprint density at radius 3 is 2.71 bits per heavy atom. The number of fused-ring (bicyclic) bond motifs is 1. The predicted molar refractivity (Wildman–Crippen MR) is 137 cm³/mol. The molecule has 3 aromatic rings. The zero-order chi connectivity index (χ0) is 23.8. The van der Waals surface area contributed by atoms with Crippen LogP contribution in [-0.4, -0.2) is 52.7 Å². The minimum atomic E-state index is 0.190. The van der Waals surface area contributed by atoms with Gasteiger partial charge in [-0.25, -0.2) is 4.98 Å². The number of benzene rings is 1. The van der Waals surface area contributed by atoms with E-state index in [1.54, 1.807) is 6.20 Å². The number of aromatic nitrogens is 2. The summed E-state index contributed by atoms with van der Waals surface area (Å²) in [7, 11) is 0. The van der Waals surface area contributed by atoms with Crippen molar-refractivity contribution in [1.82, 2.24) is 20.2 Å². The largest absolute Gasteiger partial charge is 0.383 e. The minimum absolute atomic E-state index is 0.190. The second kappa shape index (κ2) is 9.22. The van der Waals surface area contributed by atoms with Gasteiger partial charge in [0.1, 0.15) is 5.82 Å². The van der Waals surface area contributed by atoms with Crippen LogP contribution in [0.15, 0.2) is 30.5 Å². The zero-order valence-electron chi connectivity index (χ0n) is 20.0. The van der Waals surface area contributed by atoms with E-state index in [-0.39, 0.29) is 5.91 Å². The van der Waals surface area contributed by atoms with Gasteiger partial charge in [-0.15, -0.1) is 0 Å². The highest BCUT2D eigenvalue weighted by Gasteiger charge is 2.29. The molecule has 0 bridgehead atoms. The zero-order valence-corrected chi connectivity index (χ0v) is 20.0. The van der Waals surface area contributed by atoms with Gasteiger partial charge in [0.25, 0.3) is 0 Å².